The van der Waals surface area contributed by atoms with Gasteiger partial charge in [0.15, 0.2) is 0 Å². The molecule has 0 saturated heterocycles. The van der Waals surface area contributed by atoms with Crippen LogP contribution in [0.1, 0.15) is 27.0 Å². The summed E-state index contributed by atoms with van der Waals surface area (Å²) in [5.41, 5.74) is 3.36. The van der Waals surface area contributed by atoms with Gasteiger partial charge in [0.2, 0.25) is 10.0 Å². The first-order valence-electron chi connectivity index (χ1n) is 10.8. The van der Waals surface area contributed by atoms with Gasteiger partial charge < -0.3 is 4.90 Å². The number of rotatable bonds is 8. The standard InChI is InChI=1S/C26H28Br2N2O3S/c1-18-5-14-24(34(32,33)29(2)3)17-25(18)26(31)30(4)23(15-19-6-10-21(27)11-7-19)16-20-8-12-22(28)13-9-20/h5-14,17,23H,15-16H2,1-4H3. The minimum Gasteiger partial charge on any atom is -0.338 e. The van der Waals surface area contributed by atoms with Crippen LogP contribution in [-0.4, -0.2) is 50.7 Å². The first-order valence-corrected chi connectivity index (χ1v) is 13.8. The summed E-state index contributed by atoms with van der Waals surface area (Å²) < 4.78 is 28.5. The van der Waals surface area contributed by atoms with Crippen molar-refractivity contribution in [2.24, 2.45) is 0 Å². The first-order chi connectivity index (χ1) is 16.0. The molecular weight excluding hydrogens is 580 g/mol. The Morgan fingerprint density at radius 3 is 1.74 bits per heavy atom. The van der Waals surface area contributed by atoms with Crippen molar-refractivity contribution in [1.82, 2.24) is 9.21 Å². The molecule has 34 heavy (non-hydrogen) atoms. The molecule has 0 unspecified atom stereocenters. The van der Waals surface area contributed by atoms with Crippen molar-refractivity contribution in [2.45, 2.75) is 30.7 Å². The SMILES string of the molecule is Cc1ccc(S(=O)(=O)N(C)C)cc1C(=O)N(C)C(Cc1ccc(Br)cc1)Cc1ccc(Br)cc1. The van der Waals surface area contributed by atoms with Crippen molar-refractivity contribution < 1.29 is 13.2 Å². The number of hydrogen-bond donors (Lipinski definition) is 0. The highest BCUT2D eigenvalue weighted by Crippen LogP contribution is 2.23. The van der Waals surface area contributed by atoms with Crippen LogP contribution in [0.2, 0.25) is 0 Å². The lowest BCUT2D eigenvalue weighted by Crippen LogP contribution is -2.40. The number of sulfonamides is 1. The molecule has 1 amide bonds. The third-order valence-electron chi connectivity index (χ3n) is 5.86. The molecule has 180 valence electrons. The molecule has 0 bridgehead atoms. The summed E-state index contributed by atoms with van der Waals surface area (Å²) in [6.45, 7) is 1.82. The number of likely N-dealkylation sites (N-methyl/N-ethyl adjacent to an activating group) is 1. The molecule has 0 N–H and O–H groups in total. The predicted molar refractivity (Wildman–Crippen MR) is 144 cm³/mol. The van der Waals surface area contributed by atoms with Gasteiger partial charge in [-0.05, 0) is 72.9 Å². The smallest absolute Gasteiger partial charge is 0.254 e. The summed E-state index contributed by atoms with van der Waals surface area (Å²) in [5.74, 6) is -0.201. The maximum absolute atomic E-state index is 13.6. The van der Waals surface area contributed by atoms with E-state index in [2.05, 4.69) is 31.9 Å². The molecule has 3 aromatic carbocycles. The van der Waals surface area contributed by atoms with Gasteiger partial charge in [-0.25, -0.2) is 12.7 Å². The number of carbonyl (C=O) groups excluding carboxylic acids is 1. The summed E-state index contributed by atoms with van der Waals surface area (Å²) in [6.07, 6.45) is 1.33. The van der Waals surface area contributed by atoms with E-state index < -0.39 is 10.0 Å². The van der Waals surface area contributed by atoms with Crippen LogP contribution in [0.15, 0.2) is 80.6 Å². The number of aryl methyl sites for hydroxylation is 1. The van der Waals surface area contributed by atoms with Crippen molar-refractivity contribution in [3.63, 3.8) is 0 Å². The highest BCUT2D eigenvalue weighted by molar-refractivity contribution is 9.10. The Morgan fingerprint density at radius 2 is 1.29 bits per heavy atom. The van der Waals surface area contributed by atoms with Gasteiger partial charge >= 0.3 is 0 Å². The number of carbonyl (C=O) groups is 1. The van der Waals surface area contributed by atoms with Gasteiger partial charge in [-0.15, -0.1) is 0 Å². The lowest BCUT2D eigenvalue weighted by atomic mass is 9.97. The van der Waals surface area contributed by atoms with Gasteiger partial charge in [0.1, 0.15) is 0 Å². The Balaban J connectivity index is 1.96. The lowest BCUT2D eigenvalue weighted by Gasteiger charge is -2.29. The molecule has 8 heteroatoms. The van der Waals surface area contributed by atoms with Crippen molar-refractivity contribution >= 4 is 47.8 Å². The Labute approximate surface area is 219 Å². The number of nitrogens with zero attached hydrogens (tertiary/aromatic N) is 2. The zero-order valence-corrected chi connectivity index (χ0v) is 23.6. The second-order valence-electron chi connectivity index (χ2n) is 8.50. The first kappa shape index (κ1) is 26.6. The third-order valence-corrected chi connectivity index (χ3v) is 8.72. The van der Waals surface area contributed by atoms with Crippen LogP contribution in [0.4, 0.5) is 0 Å². The van der Waals surface area contributed by atoms with E-state index in [9.17, 15) is 13.2 Å². The van der Waals surface area contributed by atoms with Crippen molar-refractivity contribution in [3.05, 3.63) is 97.9 Å². The molecule has 5 nitrogen and oxygen atoms in total. The van der Waals surface area contributed by atoms with Crippen LogP contribution in [0, 0.1) is 6.92 Å². The average Bonchev–Trinajstić information content (AvgIpc) is 2.80. The van der Waals surface area contributed by atoms with E-state index in [-0.39, 0.29) is 16.8 Å². The van der Waals surface area contributed by atoms with E-state index in [0.717, 1.165) is 29.9 Å². The molecular formula is C26H28Br2N2O3S. The number of amides is 1. The molecule has 3 rings (SSSR count). The fourth-order valence-corrected chi connectivity index (χ4v) is 5.15. The van der Waals surface area contributed by atoms with Gasteiger partial charge in [0, 0.05) is 41.7 Å². The van der Waals surface area contributed by atoms with Crippen molar-refractivity contribution in [1.29, 1.82) is 0 Å². The van der Waals surface area contributed by atoms with E-state index in [0.29, 0.717) is 18.4 Å². The highest BCUT2D eigenvalue weighted by Gasteiger charge is 2.26. The van der Waals surface area contributed by atoms with E-state index in [1.807, 2.05) is 55.5 Å². The summed E-state index contributed by atoms with van der Waals surface area (Å²) in [6, 6.07) is 20.8. The fraction of sp³-hybridized carbons (Fsp3) is 0.269. The average molecular weight is 608 g/mol. The largest absolute Gasteiger partial charge is 0.338 e. The molecule has 0 radical (unpaired) electrons. The van der Waals surface area contributed by atoms with Crippen molar-refractivity contribution in [2.75, 3.05) is 21.1 Å². The summed E-state index contributed by atoms with van der Waals surface area (Å²) in [5, 5.41) is 0. The second-order valence-corrected chi connectivity index (χ2v) is 12.5. The quantitative estimate of drug-likeness (QED) is 0.330. The third kappa shape index (κ3) is 6.36. The Kier molecular flexibility index (Phi) is 8.73. The van der Waals surface area contributed by atoms with Gasteiger partial charge in [-0.3, -0.25) is 4.79 Å². The molecule has 0 aliphatic heterocycles. The molecule has 0 aliphatic carbocycles. The Hall–Kier alpha value is -2.00. The molecule has 3 aromatic rings. The summed E-state index contributed by atoms with van der Waals surface area (Å²) in [4.78, 5) is 15.5. The van der Waals surface area contributed by atoms with Crippen LogP contribution in [0.3, 0.4) is 0 Å². The van der Waals surface area contributed by atoms with Gasteiger partial charge in [0.05, 0.1) is 4.90 Å². The monoisotopic (exact) mass is 606 g/mol. The number of halogens is 2. The van der Waals surface area contributed by atoms with E-state index >= 15 is 0 Å². The molecule has 0 spiro atoms. The zero-order chi connectivity index (χ0) is 25.0. The predicted octanol–water partition coefficient (Wildman–Crippen LogP) is 5.70. The Morgan fingerprint density at radius 1 is 0.824 bits per heavy atom. The molecule has 0 aromatic heterocycles. The highest BCUT2D eigenvalue weighted by atomic mass is 79.9. The van der Waals surface area contributed by atoms with E-state index in [4.69, 9.17) is 0 Å². The second kappa shape index (κ2) is 11.2. The minimum atomic E-state index is -3.65. The normalized spacial score (nSPS) is 11.8. The molecule has 0 fully saturated rings. The zero-order valence-electron chi connectivity index (χ0n) is 19.6. The number of benzene rings is 3. The Bertz CT molecular complexity index is 1210. The maximum atomic E-state index is 13.6. The van der Waals surface area contributed by atoms with Gasteiger partial charge in [-0.1, -0.05) is 62.2 Å². The topological polar surface area (TPSA) is 57.7 Å². The molecule has 0 saturated carbocycles. The lowest BCUT2D eigenvalue weighted by molar-refractivity contribution is 0.0729. The fourth-order valence-electron chi connectivity index (χ4n) is 3.69. The summed E-state index contributed by atoms with van der Waals surface area (Å²) >= 11 is 6.95. The van der Waals surface area contributed by atoms with Gasteiger partial charge in [-0.2, -0.15) is 0 Å². The van der Waals surface area contributed by atoms with Crippen LogP contribution in [0.25, 0.3) is 0 Å². The van der Waals surface area contributed by atoms with Crippen LogP contribution < -0.4 is 0 Å². The summed E-state index contributed by atoms with van der Waals surface area (Å²) in [7, 11) is 1.10. The molecule has 0 heterocycles. The van der Waals surface area contributed by atoms with Crippen LogP contribution in [-0.2, 0) is 22.9 Å². The maximum Gasteiger partial charge on any atom is 0.254 e. The number of hydrogen-bond acceptors (Lipinski definition) is 3. The van der Waals surface area contributed by atoms with E-state index in [1.165, 1.54) is 20.2 Å². The minimum absolute atomic E-state index is 0.109. The van der Waals surface area contributed by atoms with Crippen LogP contribution in [0.5, 0.6) is 0 Å². The van der Waals surface area contributed by atoms with E-state index in [1.54, 1.807) is 24.1 Å². The molecule has 0 atom stereocenters. The molecule has 0 aliphatic rings. The van der Waals surface area contributed by atoms with Crippen LogP contribution >= 0.6 is 31.9 Å². The van der Waals surface area contributed by atoms with Gasteiger partial charge in [0.25, 0.3) is 5.91 Å². The van der Waals surface area contributed by atoms with Crippen molar-refractivity contribution in [3.8, 4) is 0 Å².